The van der Waals surface area contributed by atoms with E-state index in [2.05, 4.69) is 11.8 Å². The molecule has 18 heavy (non-hydrogen) atoms. The fraction of sp³-hybridized carbons (Fsp3) is 0.214. The molecule has 3 N–H and O–H groups in total. The minimum Gasteiger partial charge on any atom is -1.00 e. The van der Waals surface area contributed by atoms with Crippen LogP contribution in [0, 0.1) is 0 Å². The van der Waals surface area contributed by atoms with Crippen LogP contribution >= 0.6 is 0 Å². The number of hydrogen-bond acceptors (Lipinski definition) is 2. The highest BCUT2D eigenvalue weighted by atomic mass is 35.5. The fourth-order valence-corrected chi connectivity index (χ4v) is 1.99. The highest BCUT2D eigenvalue weighted by Gasteiger charge is 2.21. The zero-order valence-corrected chi connectivity index (χ0v) is 11.0. The molecule has 1 unspecified atom stereocenters. The predicted octanol–water partition coefficient (Wildman–Crippen LogP) is -1.66. The van der Waals surface area contributed by atoms with Crippen molar-refractivity contribution in [3.8, 4) is 0 Å². The molecule has 0 fully saturated rings. The molecule has 2 rings (SSSR count). The van der Waals surface area contributed by atoms with Gasteiger partial charge in [0, 0.05) is 0 Å². The summed E-state index contributed by atoms with van der Waals surface area (Å²) < 4.78 is 4.79. The molecule has 0 aliphatic rings. The number of ether oxygens (including phenoxy) is 1. The monoisotopic (exact) mass is 265 g/mol. The Hall–Kier alpha value is -1.58. The summed E-state index contributed by atoms with van der Waals surface area (Å²) in [5.74, 6) is -0.500. The number of fused-ring (bicyclic) bond motifs is 1. The lowest BCUT2D eigenvalue weighted by Crippen LogP contribution is -3.00. The van der Waals surface area contributed by atoms with E-state index in [0.717, 1.165) is 10.9 Å². The Labute approximate surface area is 112 Å². The lowest BCUT2D eigenvalue weighted by molar-refractivity contribution is -0.370. The molecule has 0 heterocycles. The Kier molecular flexibility index (Phi) is 5.13. The van der Waals surface area contributed by atoms with E-state index >= 15 is 0 Å². The molecule has 4 heteroatoms. The zero-order valence-electron chi connectivity index (χ0n) is 10.2. The molecular formula is C14H16ClNO2. The maximum atomic E-state index is 11.6. The van der Waals surface area contributed by atoms with Crippen LogP contribution in [-0.2, 0) is 9.53 Å². The predicted molar refractivity (Wildman–Crippen MR) is 66.5 cm³/mol. The molecule has 0 amide bonds. The van der Waals surface area contributed by atoms with Gasteiger partial charge in [0.15, 0.2) is 0 Å². The fourth-order valence-electron chi connectivity index (χ4n) is 1.99. The maximum absolute atomic E-state index is 11.6. The summed E-state index contributed by atoms with van der Waals surface area (Å²) in [4.78, 5) is 11.6. The van der Waals surface area contributed by atoms with E-state index in [1.165, 1.54) is 12.5 Å². The van der Waals surface area contributed by atoms with E-state index < -0.39 is 0 Å². The van der Waals surface area contributed by atoms with Crippen LogP contribution in [-0.4, -0.2) is 19.6 Å². The number of hydrogen-bond donors (Lipinski definition) is 1. The smallest absolute Gasteiger partial charge is 0.318 e. The Morgan fingerprint density at radius 2 is 1.89 bits per heavy atom. The number of carbonyl (C=O) groups is 1. The molecule has 0 aliphatic heterocycles. The molecule has 96 valence electrons. The van der Waals surface area contributed by atoms with Gasteiger partial charge in [0.25, 0.3) is 0 Å². The number of halogens is 1. The average molecular weight is 266 g/mol. The van der Waals surface area contributed by atoms with Crippen molar-refractivity contribution in [1.29, 1.82) is 0 Å². The minimum absolute atomic E-state index is 0. The lowest BCUT2D eigenvalue weighted by atomic mass is 9.96. The van der Waals surface area contributed by atoms with E-state index in [1.54, 1.807) is 0 Å². The van der Waals surface area contributed by atoms with Crippen LogP contribution in [0.25, 0.3) is 10.8 Å². The van der Waals surface area contributed by atoms with Crippen molar-refractivity contribution < 1.29 is 27.7 Å². The van der Waals surface area contributed by atoms with E-state index in [-0.39, 0.29) is 24.3 Å². The first-order valence-corrected chi connectivity index (χ1v) is 5.62. The standard InChI is InChI=1S/C14H15NO2.ClH/c1-17-14(16)13(9-15)12-7-6-10-4-2-3-5-11(10)8-12;/h2-8,13H,9,15H2,1H3;1H. The number of carbonyl (C=O) groups excluding carboxylic acids is 1. The van der Waals surface area contributed by atoms with Gasteiger partial charge in [-0.1, -0.05) is 42.5 Å². The van der Waals surface area contributed by atoms with Crippen LogP contribution in [0.3, 0.4) is 0 Å². The van der Waals surface area contributed by atoms with E-state index in [1.807, 2.05) is 36.4 Å². The van der Waals surface area contributed by atoms with Crippen molar-refractivity contribution in [3.63, 3.8) is 0 Å². The SMILES string of the molecule is COC(=O)C(C[NH3+])c1ccc2ccccc2c1.[Cl-]. The molecule has 0 saturated heterocycles. The average Bonchev–Trinajstić information content (AvgIpc) is 2.39. The second kappa shape index (κ2) is 6.38. The van der Waals surface area contributed by atoms with E-state index in [0.29, 0.717) is 6.54 Å². The van der Waals surface area contributed by atoms with Crippen LogP contribution in [0.5, 0.6) is 0 Å². The van der Waals surface area contributed by atoms with Gasteiger partial charge in [-0.25, -0.2) is 0 Å². The third-order valence-corrected chi connectivity index (χ3v) is 2.95. The topological polar surface area (TPSA) is 53.9 Å². The molecule has 3 nitrogen and oxygen atoms in total. The van der Waals surface area contributed by atoms with Crippen molar-refractivity contribution in [1.82, 2.24) is 0 Å². The first-order valence-electron chi connectivity index (χ1n) is 5.62. The van der Waals surface area contributed by atoms with Gasteiger partial charge in [-0.05, 0) is 16.3 Å². The summed E-state index contributed by atoms with van der Waals surface area (Å²) in [6, 6.07) is 14.1. The van der Waals surface area contributed by atoms with Gasteiger partial charge in [-0.15, -0.1) is 0 Å². The normalized spacial score (nSPS) is 11.7. The van der Waals surface area contributed by atoms with Gasteiger partial charge in [0.1, 0.15) is 5.92 Å². The molecule has 2 aromatic rings. The maximum Gasteiger partial charge on any atom is 0.318 e. The van der Waals surface area contributed by atoms with E-state index in [4.69, 9.17) is 4.74 Å². The second-order valence-electron chi connectivity index (χ2n) is 3.97. The zero-order chi connectivity index (χ0) is 12.3. The lowest BCUT2D eigenvalue weighted by Gasteiger charge is -2.11. The van der Waals surface area contributed by atoms with Gasteiger partial charge < -0.3 is 22.9 Å². The van der Waals surface area contributed by atoms with E-state index in [9.17, 15) is 4.79 Å². The number of rotatable bonds is 3. The Morgan fingerprint density at radius 3 is 2.50 bits per heavy atom. The Morgan fingerprint density at radius 1 is 1.22 bits per heavy atom. The third-order valence-electron chi connectivity index (χ3n) is 2.95. The summed E-state index contributed by atoms with van der Waals surface area (Å²) in [5.41, 5.74) is 4.77. The van der Waals surface area contributed by atoms with Crippen LogP contribution in [0.4, 0.5) is 0 Å². The van der Waals surface area contributed by atoms with Crippen molar-refractivity contribution in [3.05, 3.63) is 48.0 Å². The molecule has 1 atom stereocenters. The van der Waals surface area contributed by atoms with Crippen LogP contribution in [0.1, 0.15) is 11.5 Å². The van der Waals surface area contributed by atoms with Crippen molar-refractivity contribution in [2.24, 2.45) is 0 Å². The number of methoxy groups -OCH3 is 1. The molecule has 0 aromatic heterocycles. The van der Waals surface area contributed by atoms with Gasteiger partial charge in [0.05, 0.1) is 13.7 Å². The molecule has 0 radical (unpaired) electrons. The summed E-state index contributed by atoms with van der Waals surface area (Å²) in [7, 11) is 1.41. The molecule has 0 bridgehead atoms. The van der Waals surface area contributed by atoms with Gasteiger partial charge in [0.2, 0.25) is 0 Å². The summed E-state index contributed by atoms with van der Waals surface area (Å²) in [6.07, 6.45) is 0. The molecule has 2 aromatic carbocycles. The third kappa shape index (κ3) is 2.81. The minimum atomic E-state index is -0.274. The molecule has 0 saturated carbocycles. The van der Waals surface area contributed by atoms with Gasteiger partial charge in [-0.2, -0.15) is 0 Å². The van der Waals surface area contributed by atoms with Crippen molar-refractivity contribution in [2.75, 3.05) is 13.7 Å². The Bertz CT molecular complexity index is 542. The number of esters is 1. The Balaban J connectivity index is 0.00000162. The summed E-state index contributed by atoms with van der Waals surface area (Å²) in [6.45, 7) is 0.505. The highest BCUT2D eigenvalue weighted by molar-refractivity contribution is 5.85. The van der Waals surface area contributed by atoms with Gasteiger partial charge in [-0.3, -0.25) is 4.79 Å². The molecule has 0 aliphatic carbocycles. The highest BCUT2D eigenvalue weighted by Crippen LogP contribution is 2.21. The molecular weight excluding hydrogens is 250 g/mol. The van der Waals surface area contributed by atoms with Crippen LogP contribution in [0.15, 0.2) is 42.5 Å². The second-order valence-corrected chi connectivity index (χ2v) is 3.97. The first-order chi connectivity index (χ1) is 8.26. The summed E-state index contributed by atoms with van der Waals surface area (Å²) >= 11 is 0. The number of benzene rings is 2. The van der Waals surface area contributed by atoms with Crippen LogP contribution < -0.4 is 18.1 Å². The largest absolute Gasteiger partial charge is 1.00 e. The van der Waals surface area contributed by atoms with Crippen molar-refractivity contribution in [2.45, 2.75) is 5.92 Å². The molecule has 0 spiro atoms. The van der Waals surface area contributed by atoms with Crippen LogP contribution in [0.2, 0.25) is 0 Å². The quantitative estimate of drug-likeness (QED) is 0.676. The van der Waals surface area contributed by atoms with Crippen molar-refractivity contribution >= 4 is 16.7 Å². The van der Waals surface area contributed by atoms with Gasteiger partial charge >= 0.3 is 5.97 Å². The first kappa shape index (κ1) is 14.5. The summed E-state index contributed by atoms with van der Waals surface area (Å²) in [5, 5.41) is 2.30. The number of quaternary nitrogens is 1.